The SMILES string of the molecule is Cc1nc2ccccc2n1C[C@@H](O)COc1ccc(Cl)cc1. The van der Waals surface area contributed by atoms with Gasteiger partial charge in [0.05, 0.1) is 17.6 Å². The summed E-state index contributed by atoms with van der Waals surface area (Å²) in [6, 6.07) is 15.0. The molecular formula is C17H17ClN2O2. The van der Waals surface area contributed by atoms with Crippen LogP contribution in [0.25, 0.3) is 11.0 Å². The lowest BCUT2D eigenvalue weighted by Crippen LogP contribution is -2.24. The Bertz CT molecular complexity index is 768. The highest BCUT2D eigenvalue weighted by Gasteiger charge is 2.12. The van der Waals surface area contributed by atoms with Gasteiger partial charge in [0, 0.05) is 5.02 Å². The lowest BCUT2D eigenvalue weighted by molar-refractivity contribution is 0.0929. The van der Waals surface area contributed by atoms with Crippen molar-refractivity contribution in [3.63, 3.8) is 0 Å². The Morgan fingerprint density at radius 2 is 1.91 bits per heavy atom. The highest BCUT2D eigenvalue weighted by atomic mass is 35.5. The summed E-state index contributed by atoms with van der Waals surface area (Å²) in [5.74, 6) is 1.57. The number of benzene rings is 2. The molecule has 3 rings (SSSR count). The molecule has 4 nitrogen and oxygen atoms in total. The van der Waals surface area contributed by atoms with Crippen molar-refractivity contribution in [3.8, 4) is 5.75 Å². The topological polar surface area (TPSA) is 47.3 Å². The predicted octanol–water partition coefficient (Wildman–Crippen LogP) is 3.44. The van der Waals surface area contributed by atoms with Crippen molar-refractivity contribution in [3.05, 3.63) is 59.4 Å². The maximum absolute atomic E-state index is 10.2. The first-order valence-corrected chi connectivity index (χ1v) is 7.49. The Labute approximate surface area is 133 Å². The first-order valence-electron chi connectivity index (χ1n) is 7.12. The second kappa shape index (κ2) is 6.38. The van der Waals surface area contributed by atoms with E-state index in [1.54, 1.807) is 24.3 Å². The highest BCUT2D eigenvalue weighted by Crippen LogP contribution is 2.18. The molecule has 22 heavy (non-hydrogen) atoms. The van der Waals surface area contributed by atoms with E-state index in [0.29, 0.717) is 17.3 Å². The number of ether oxygens (including phenoxy) is 1. The van der Waals surface area contributed by atoms with Gasteiger partial charge in [-0.05, 0) is 43.3 Å². The normalized spacial score (nSPS) is 12.5. The van der Waals surface area contributed by atoms with E-state index in [9.17, 15) is 5.11 Å². The van der Waals surface area contributed by atoms with E-state index < -0.39 is 6.10 Å². The van der Waals surface area contributed by atoms with E-state index in [2.05, 4.69) is 4.98 Å². The summed E-state index contributed by atoms with van der Waals surface area (Å²) >= 11 is 5.83. The molecule has 0 radical (unpaired) electrons. The molecule has 0 aliphatic carbocycles. The maximum Gasteiger partial charge on any atom is 0.119 e. The molecule has 0 saturated heterocycles. The second-order valence-corrected chi connectivity index (χ2v) is 5.61. The van der Waals surface area contributed by atoms with Crippen molar-refractivity contribution in [2.75, 3.05) is 6.61 Å². The molecule has 0 amide bonds. The quantitative estimate of drug-likeness (QED) is 0.784. The van der Waals surface area contributed by atoms with Gasteiger partial charge in [-0.2, -0.15) is 0 Å². The first-order chi connectivity index (χ1) is 10.6. The van der Waals surface area contributed by atoms with Crippen LogP contribution in [0.2, 0.25) is 5.02 Å². The first kappa shape index (κ1) is 14.9. The fraction of sp³-hybridized carbons (Fsp3) is 0.235. The van der Waals surface area contributed by atoms with Gasteiger partial charge in [-0.3, -0.25) is 0 Å². The number of aliphatic hydroxyl groups excluding tert-OH is 1. The second-order valence-electron chi connectivity index (χ2n) is 5.18. The van der Waals surface area contributed by atoms with Gasteiger partial charge in [0.25, 0.3) is 0 Å². The summed E-state index contributed by atoms with van der Waals surface area (Å²) in [5.41, 5.74) is 1.95. The number of imidazole rings is 1. The van der Waals surface area contributed by atoms with Gasteiger partial charge in [0.15, 0.2) is 0 Å². The van der Waals surface area contributed by atoms with E-state index in [1.807, 2.05) is 35.8 Å². The number of hydrogen-bond donors (Lipinski definition) is 1. The van der Waals surface area contributed by atoms with Gasteiger partial charge >= 0.3 is 0 Å². The fourth-order valence-corrected chi connectivity index (χ4v) is 2.54. The molecule has 5 heteroatoms. The van der Waals surface area contributed by atoms with E-state index in [0.717, 1.165) is 16.9 Å². The van der Waals surface area contributed by atoms with E-state index in [4.69, 9.17) is 16.3 Å². The van der Waals surface area contributed by atoms with Gasteiger partial charge in [-0.15, -0.1) is 0 Å². The third-order valence-corrected chi connectivity index (χ3v) is 3.75. The van der Waals surface area contributed by atoms with Gasteiger partial charge in [0.2, 0.25) is 0 Å². The van der Waals surface area contributed by atoms with Gasteiger partial charge in [-0.1, -0.05) is 23.7 Å². The van der Waals surface area contributed by atoms with Crippen LogP contribution in [0.3, 0.4) is 0 Å². The summed E-state index contributed by atoms with van der Waals surface area (Å²) in [6.07, 6.45) is -0.619. The van der Waals surface area contributed by atoms with Crippen LogP contribution in [-0.4, -0.2) is 27.4 Å². The monoisotopic (exact) mass is 316 g/mol. The van der Waals surface area contributed by atoms with Crippen LogP contribution in [0, 0.1) is 6.92 Å². The lowest BCUT2D eigenvalue weighted by atomic mass is 10.3. The Morgan fingerprint density at radius 1 is 1.18 bits per heavy atom. The van der Waals surface area contributed by atoms with Crippen LogP contribution in [0.15, 0.2) is 48.5 Å². The van der Waals surface area contributed by atoms with Crippen molar-refractivity contribution < 1.29 is 9.84 Å². The molecule has 0 aliphatic heterocycles. The number of nitrogens with zero attached hydrogens (tertiary/aromatic N) is 2. The highest BCUT2D eigenvalue weighted by molar-refractivity contribution is 6.30. The average Bonchev–Trinajstić information content (AvgIpc) is 2.83. The maximum atomic E-state index is 10.2. The van der Waals surface area contributed by atoms with Gasteiger partial charge in [-0.25, -0.2) is 4.98 Å². The van der Waals surface area contributed by atoms with Crippen LogP contribution in [0.1, 0.15) is 5.82 Å². The molecule has 0 saturated carbocycles. The number of halogens is 1. The molecule has 0 fully saturated rings. The lowest BCUT2D eigenvalue weighted by Gasteiger charge is -2.14. The minimum Gasteiger partial charge on any atom is -0.491 e. The van der Waals surface area contributed by atoms with E-state index in [1.165, 1.54) is 0 Å². The zero-order chi connectivity index (χ0) is 15.5. The Kier molecular flexibility index (Phi) is 4.32. The van der Waals surface area contributed by atoms with Gasteiger partial charge in [0.1, 0.15) is 24.3 Å². The smallest absolute Gasteiger partial charge is 0.119 e. The number of fused-ring (bicyclic) bond motifs is 1. The standard InChI is InChI=1S/C17H17ClN2O2/c1-12-19-16-4-2-3-5-17(16)20(12)10-14(21)11-22-15-8-6-13(18)7-9-15/h2-9,14,21H,10-11H2,1H3/t14-/m1/s1. The number of para-hydroxylation sites is 2. The number of aryl methyl sites for hydroxylation is 1. The number of aromatic nitrogens is 2. The average molecular weight is 317 g/mol. The van der Waals surface area contributed by atoms with Crippen LogP contribution in [0.4, 0.5) is 0 Å². The van der Waals surface area contributed by atoms with Crippen molar-refractivity contribution in [1.29, 1.82) is 0 Å². The Balaban J connectivity index is 1.67. The molecule has 0 spiro atoms. The third-order valence-electron chi connectivity index (χ3n) is 3.49. The number of hydrogen-bond acceptors (Lipinski definition) is 3. The van der Waals surface area contributed by atoms with Crippen molar-refractivity contribution in [1.82, 2.24) is 9.55 Å². The summed E-state index contributed by atoms with van der Waals surface area (Å²) in [7, 11) is 0. The number of aliphatic hydroxyl groups is 1. The van der Waals surface area contributed by atoms with Crippen LogP contribution in [-0.2, 0) is 6.54 Å². The zero-order valence-electron chi connectivity index (χ0n) is 12.2. The summed E-state index contributed by atoms with van der Waals surface area (Å²) in [5, 5.41) is 10.9. The van der Waals surface area contributed by atoms with Crippen LogP contribution < -0.4 is 4.74 Å². The van der Waals surface area contributed by atoms with Crippen LogP contribution in [0.5, 0.6) is 5.75 Å². The van der Waals surface area contributed by atoms with E-state index in [-0.39, 0.29) is 6.61 Å². The molecular weight excluding hydrogens is 300 g/mol. The molecule has 0 bridgehead atoms. The fourth-order valence-electron chi connectivity index (χ4n) is 2.41. The van der Waals surface area contributed by atoms with Gasteiger partial charge < -0.3 is 14.4 Å². The molecule has 114 valence electrons. The molecule has 0 aliphatic rings. The number of rotatable bonds is 5. The third kappa shape index (κ3) is 3.24. The van der Waals surface area contributed by atoms with Crippen molar-refractivity contribution >= 4 is 22.6 Å². The Morgan fingerprint density at radius 3 is 2.68 bits per heavy atom. The minimum absolute atomic E-state index is 0.216. The van der Waals surface area contributed by atoms with Crippen molar-refractivity contribution in [2.45, 2.75) is 19.6 Å². The molecule has 0 unspecified atom stereocenters. The largest absolute Gasteiger partial charge is 0.491 e. The minimum atomic E-state index is -0.619. The summed E-state index contributed by atoms with van der Waals surface area (Å²) in [4.78, 5) is 4.49. The zero-order valence-corrected chi connectivity index (χ0v) is 13.0. The Hall–Kier alpha value is -2.04. The summed E-state index contributed by atoms with van der Waals surface area (Å²) in [6.45, 7) is 2.60. The van der Waals surface area contributed by atoms with Crippen LogP contribution >= 0.6 is 11.6 Å². The molecule has 2 aromatic carbocycles. The predicted molar refractivity (Wildman–Crippen MR) is 87.4 cm³/mol. The molecule has 1 aromatic heterocycles. The molecule has 1 heterocycles. The molecule has 3 aromatic rings. The molecule has 1 N–H and O–H groups in total. The summed E-state index contributed by atoms with van der Waals surface area (Å²) < 4.78 is 7.59. The van der Waals surface area contributed by atoms with Crippen molar-refractivity contribution in [2.24, 2.45) is 0 Å². The van der Waals surface area contributed by atoms with E-state index >= 15 is 0 Å². The molecule has 1 atom stereocenters.